The van der Waals surface area contributed by atoms with Crippen LogP contribution >= 0.6 is 0 Å². The zero-order chi connectivity index (χ0) is 32.0. The number of carbonyl (C=O) groups excluding carboxylic acids is 3. The fraction of sp³-hybridized carbons (Fsp3) is 0.400. The van der Waals surface area contributed by atoms with Gasteiger partial charge in [-0.1, -0.05) is 52.0 Å². The third-order valence-corrected chi connectivity index (χ3v) is 6.87. The topological polar surface area (TPSA) is 107 Å². The molecular weight excluding hydrogens is 564 g/mol. The number of benzene rings is 3. The van der Waals surface area contributed by atoms with Crippen LogP contribution in [0.4, 0.5) is 0 Å². The molecule has 3 aromatic carbocycles. The Balaban J connectivity index is 1.30. The van der Waals surface area contributed by atoms with Gasteiger partial charge in [0.2, 0.25) is 0 Å². The average molecular weight is 607 g/mol. The second kappa shape index (κ2) is 17.2. The summed E-state index contributed by atoms with van der Waals surface area (Å²) < 4.78 is 32.2. The van der Waals surface area contributed by atoms with Crippen LogP contribution in [-0.2, 0) is 23.7 Å². The van der Waals surface area contributed by atoms with Crippen molar-refractivity contribution < 1.29 is 42.8 Å². The largest absolute Gasteiger partial charge is 0.491 e. The van der Waals surface area contributed by atoms with E-state index in [1.807, 2.05) is 52.0 Å². The third-order valence-electron chi connectivity index (χ3n) is 6.87. The summed E-state index contributed by atoms with van der Waals surface area (Å²) in [7, 11) is 1.34. The Labute approximate surface area is 259 Å². The predicted molar refractivity (Wildman–Crippen MR) is 166 cm³/mol. The monoisotopic (exact) mass is 606 g/mol. The molecular formula is C35H42O9. The van der Waals surface area contributed by atoms with Crippen LogP contribution in [0.3, 0.4) is 0 Å². The maximum Gasteiger partial charge on any atom is 0.343 e. The molecule has 0 aliphatic heterocycles. The molecule has 236 valence electrons. The first kappa shape index (κ1) is 34.3. The molecule has 0 heterocycles. The van der Waals surface area contributed by atoms with Gasteiger partial charge in [-0.15, -0.1) is 0 Å². The maximum atomic E-state index is 12.6. The van der Waals surface area contributed by atoms with E-state index < -0.39 is 5.97 Å². The predicted octanol–water partition coefficient (Wildman–Crippen LogP) is 6.39. The standard InChI is InChI=1S/C35H42O9/c1-6-31(35(2,3)4)34(38)43-24-22-41-20-19-40-21-23-42-29-15-13-28(14-16-29)33(37)44-30-17-11-26(12-18-30)25-7-9-27(10-8-25)32(36)39-5/h7-18,31H,6,19-24H2,1-5H3. The lowest BCUT2D eigenvalue weighted by atomic mass is 9.79. The van der Waals surface area contributed by atoms with Gasteiger partial charge in [-0.2, -0.15) is 0 Å². The number of esters is 3. The van der Waals surface area contributed by atoms with Gasteiger partial charge in [0.25, 0.3) is 0 Å². The number of hydrogen-bond donors (Lipinski definition) is 0. The van der Waals surface area contributed by atoms with E-state index in [1.54, 1.807) is 48.5 Å². The molecule has 9 heteroatoms. The van der Waals surface area contributed by atoms with E-state index >= 15 is 0 Å². The van der Waals surface area contributed by atoms with Crippen molar-refractivity contribution in [3.8, 4) is 22.6 Å². The molecule has 0 radical (unpaired) electrons. The lowest BCUT2D eigenvalue weighted by molar-refractivity contribution is -0.154. The smallest absolute Gasteiger partial charge is 0.343 e. The van der Waals surface area contributed by atoms with Crippen molar-refractivity contribution in [1.29, 1.82) is 0 Å². The molecule has 0 aliphatic carbocycles. The molecule has 0 N–H and O–H groups in total. The summed E-state index contributed by atoms with van der Waals surface area (Å²) >= 11 is 0. The van der Waals surface area contributed by atoms with Crippen molar-refractivity contribution in [1.82, 2.24) is 0 Å². The minimum Gasteiger partial charge on any atom is -0.491 e. The SMILES string of the molecule is CCC(C(=O)OCCOCCOCCOc1ccc(C(=O)Oc2ccc(-c3ccc(C(=O)OC)cc3)cc2)cc1)C(C)(C)C. The van der Waals surface area contributed by atoms with Gasteiger partial charge >= 0.3 is 17.9 Å². The molecule has 44 heavy (non-hydrogen) atoms. The van der Waals surface area contributed by atoms with Crippen molar-refractivity contribution >= 4 is 17.9 Å². The summed E-state index contributed by atoms with van der Waals surface area (Å²) in [5.41, 5.74) is 2.57. The number of hydrogen-bond acceptors (Lipinski definition) is 9. The van der Waals surface area contributed by atoms with Gasteiger partial charge in [-0.05, 0) is 71.5 Å². The lowest BCUT2D eigenvalue weighted by Gasteiger charge is -2.27. The second-order valence-electron chi connectivity index (χ2n) is 11.1. The summed E-state index contributed by atoms with van der Waals surface area (Å²) in [6.07, 6.45) is 0.741. The molecule has 0 amide bonds. The fourth-order valence-corrected chi connectivity index (χ4v) is 4.46. The molecule has 0 bridgehead atoms. The van der Waals surface area contributed by atoms with E-state index in [0.717, 1.165) is 17.5 Å². The molecule has 1 atom stereocenters. The third kappa shape index (κ3) is 10.8. The Morgan fingerprint density at radius 1 is 0.636 bits per heavy atom. The molecule has 1 unspecified atom stereocenters. The molecule has 3 aromatic rings. The highest BCUT2D eigenvalue weighted by atomic mass is 16.6. The van der Waals surface area contributed by atoms with Crippen LogP contribution in [0.15, 0.2) is 72.8 Å². The van der Waals surface area contributed by atoms with Crippen molar-refractivity contribution in [3.63, 3.8) is 0 Å². The molecule has 0 spiro atoms. The first-order valence-corrected chi connectivity index (χ1v) is 14.7. The van der Waals surface area contributed by atoms with Crippen molar-refractivity contribution in [2.24, 2.45) is 11.3 Å². The Kier molecular flexibility index (Phi) is 13.4. The first-order valence-electron chi connectivity index (χ1n) is 14.7. The van der Waals surface area contributed by atoms with E-state index in [4.69, 9.17) is 28.4 Å². The van der Waals surface area contributed by atoms with Crippen molar-refractivity contribution in [2.45, 2.75) is 34.1 Å². The zero-order valence-electron chi connectivity index (χ0n) is 26.1. The van der Waals surface area contributed by atoms with Crippen LogP contribution in [0, 0.1) is 11.3 Å². The lowest BCUT2D eigenvalue weighted by Crippen LogP contribution is -2.30. The summed E-state index contributed by atoms with van der Waals surface area (Å²) in [5.74, 6) is -0.170. The highest BCUT2D eigenvalue weighted by Crippen LogP contribution is 2.29. The Bertz CT molecular complexity index is 1320. The van der Waals surface area contributed by atoms with E-state index in [-0.39, 0.29) is 29.9 Å². The van der Waals surface area contributed by atoms with Crippen LogP contribution < -0.4 is 9.47 Å². The highest BCUT2D eigenvalue weighted by molar-refractivity contribution is 5.91. The van der Waals surface area contributed by atoms with Crippen LogP contribution in [-0.4, -0.2) is 64.7 Å². The number of methoxy groups -OCH3 is 1. The average Bonchev–Trinajstić information content (AvgIpc) is 3.02. The minimum absolute atomic E-state index is 0.128. The van der Waals surface area contributed by atoms with Crippen LogP contribution in [0.1, 0.15) is 54.8 Å². The van der Waals surface area contributed by atoms with Crippen molar-refractivity contribution in [2.75, 3.05) is 46.8 Å². The van der Waals surface area contributed by atoms with Gasteiger partial charge in [0.1, 0.15) is 24.7 Å². The molecule has 0 saturated carbocycles. The quantitative estimate of drug-likeness (QED) is 0.104. The minimum atomic E-state index is -0.482. The normalized spacial score (nSPS) is 11.8. The molecule has 3 rings (SSSR count). The van der Waals surface area contributed by atoms with Gasteiger partial charge in [-0.25, -0.2) is 9.59 Å². The van der Waals surface area contributed by atoms with E-state index in [2.05, 4.69) is 0 Å². The Hall–Kier alpha value is -4.21. The van der Waals surface area contributed by atoms with Gasteiger partial charge in [0.15, 0.2) is 0 Å². The molecule has 0 aromatic heterocycles. The van der Waals surface area contributed by atoms with E-state index in [1.165, 1.54) is 7.11 Å². The highest BCUT2D eigenvalue weighted by Gasteiger charge is 2.30. The van der Waals surface area contributed by atoms with Gasteiger partial charge in [0, 0.05) is 0 Å². The number of ether oxygens (including phenoxy) is 6. The van der Waals surface area contributed by atoms with Gasteiger partial charge < -0.3 is 28.4 Å². The van der Waals surface area contributed by atoms with Crippen LogP contribution in [0.5, 0.6) is 11.5 Å². The van der Waals surface area contributed by atoms with Crippen LogP contribution in [0.2, 0.25) is 0 Å². The fourth-order valence-electron chi connectivity index (χ4n) is 4.46. The first-order chi connectivity index (χ1) is 21.1. The van der Waals surface area contributed by atoms with Gasteiger partial charge in [0.05, 0.1) is 50.6 Å². The summed E-state index contributed by atoms with van der Waals surface area (Å²) in [6, 6.07) is 20.9. The number of rotatable bonds is 16. The maximum absolute atomic E-state index is 12.6. The van der Waals surface area contributed by atoms with Crippen molar-refractivity contribution in [3.05, 3.63) is 83.9 Å². The zero-order valence-corrected chi connectivity index (χ0v) is 26.1. The molecule has 9 nitrogen and oxygen atoms in total. The summed E-state index contributed by atoms with van der Waals surface area (Å²) in [5, 5.41) is 0. The second-order valence-corrected chi connectivity index (χ2v) is 11.1. The number of carbonyl (C=O) groups is 3. The Morgan fingerprint density at radius 2 is 1.11 bits per heavy atom. The van der Waals surface area contributed by atoms with E-state index in [9.17, 15) is 14.4 Å². The Morgan fingerprint density at radius 3 is 1.66 bits per heavy atom. The summed E-state index contributed by atoms with van der Waals surface area (Å²) in [6.45, 7) is 10.1. The molecule has 0 fully saturated rings. The van der Waals surface area contributed by atoms with E-state index in [0.29, 0.717) is 55.7 Å². The van der Waals surface area contributed by atoms with Gasteiger partial charge in [-0.3, -0.25) is 4.79 Å². The molecule has 0 aliphatic rings. The molecule has 0 saturated heterocycles. The van der Waals surface area contributed by atoms with Crippen LogP contribution in [0.25, 0.3) is 11.1 Å². The summed E-state index contributed by atoms with van der Waals surface area (Å²) in [4.78, 5) is 36.4.